The van der Waals surface area contributed by atoms with Gasteiger partial charge in [-0.1, -0.05) is 18.2 Å². The van der Waals surface area contributed by atoms with E-state index < -0.39 is 0 Å². The van der Waals surface area contributed by atoms with Crippen molar-refractivity contribution < 1.29 is 4.79 Å². The highest BCUT2D eigenvalue weighted by Gasteiger charge is 2.08. The molecule has 16 heavy (non-hydrogen) atoms. The number of nitrogens with zero attached hydrogens (tertiary/aromatic N) is 3. The molecule has 0 aliphatic heterocycles. The van der Waals surface area contributed by atoms with Crippen LogP contribution in [-0.2, 0) is 0 Å². The first-order valence-electron chi connectivity index (χ1n) is 4.83. The lowest BCUT2D eigenvalue weighted by Crippen LogP contribution is -2.18. The highest BCUT2D eigenvalue weighted by molar-refractivity contribution is 5.98. The molecule has 0 fully saturated rings. The van der Waals surface area contributed by atoms with Gasteiger partial charge in [-0.2, -0.15) is 5.21 Å². The Hall–Kier alpha value is -2.08. The molecule has 0 spiro atoms. The van der Waals surface area contributed by atoms with Gasteiger partial charge >= 0.3 is 0 Å². The SMILES string of the molecule is CNCC(=O)c1cccc(-c2nn[nH]n2)c1. The highest BCUT2D eigenvalue weighted by Crippen LogP contribution is 2.14. The molecule has 2 N–H and O–H groups in total. The zero-order valence-electron chi connectivity index (χ0n) is 8.77. The third kappa shape index (κ3) is 2.12. The fourth-order valence-corrected chi connectivity index (χ4v) is 1.38. The standard InChI is InChI=1S/C10H11N5O/c1-11-6-9(16)7-3-2-4-8(5-7)10-12-14-15-13-10/h2-5,11H,6H2,1H3,(H,12,13,14,15). The number of carbonyl (C=O) groups is 1. The maximum absolute atomic E-state index is 11.6. The van der Waals surface area contributed by atoms with Crippen LogP contribution >= 0.6 is 0 Å². The Morgan fingerprint density at radius 3 is 3.06 bits per heavy atom. The summed E-state index contributed by atoms with van der Waals surface area (Å²) in [6.07, 6.45) is 0. The Morgan fingerprint density at radius 1 is 1.50 bits per heavy atom. The second-order valence-corrected chi connectivity index (χ2v) is 3.27. The van der Waals surface area contributed by atoms with Gasteiger partial charge in [0.2, 0.25) is 5.82 Å². The van der Waals surface area contributed by atoms with Crippen LogP contribution < -0.4 is 5.32 Å². The molecule has 2 rings (SSSR count). The first kappa shape index (κ1) is 10.4. The van der Waals surface area contributed by atoms with E-state index in [1.807, 2.05) is 6.07 Å². The number of rotatable bonds is 4. The zero-order chi connectivity index (χ0) is 11.4. The molecule has 0 amide bonds. The molecule has 0 bridgehead atoms. The van der Waals surface area contributed by atoms with Gasteiger partial charge in [0.05, 0.1) is 6.54 Å². The second kappa shape index (κ2) is 4.63. The van der Waals surface area contributed by atoms with E-state index in [0.717, 1.165) is 5.56 Å². The fourth-order valence-electron chi connectivity index (χ4n) is 1.38. The van der Waals surface area contributed by atoms with Crippen LogP contribution in [-0.4, -0.2) is 40.0 Å². The number of likely N-dealkylation sites (N-methyl/N-ethyl adjacent to an activating group) is 1. The molecule has 2 aromatic rings. The third-order valence-electron chi connectivity index (χ3n) is 2.13. The van der Waals surface area contributed by atoms with Crippen molar-refractivity contribution in [3.8, 4) is 11.4 Å². The lowest BCUT2D eigenvalue weighted by Gasteiger charge is -2.01. The molecule has 0 radical (unpaired) electrons. The number of tetrazole rings is 1. The predicted molar refractivity (Wildman–Crippen MR) is 57.9 cm³/mol. The summed E-state index contributed by atoms with van der Waals surface area (Å²) in [6.45, 7) is 0.315. The number of Topliss-reactive ketones (excluding diaryl/α,β-unsaturated/α-hetero) is 1. The van der Waals surface area contributed by atoms with Crippen molar-refractivity contribution in [2.45, 2.75) is 0 Å². The summed E-state index contributed by atoms with van der Waals surface area (Å²) >= 11 is 0. The summed E-state index contributed by atoms with van der Waals surface area (Å²) in [4.78, 5) is 11.6. The molecule has 0 saturated heterocycles. The maximum atomic E-state index is 11.6. The quantitative estimate of drug-likeness (QED) is 0.718. The molecule has 1 aromatic heterocycles. The van der Waals surface area contributed by atoms with Gasteiger partial charge in [0.1, 0.15) is 0 Å². The van der Waals surface area contributed by atoms with E-state index in [-0.39, 0.29) is 5.78 Å². The number of hydrogen-bond acceptors (Lipinski definition) is 5. The highest BCUT2D eigenvalue weighted by atomic mass is 16.1. The Kier molecular flexibility index (Phi) is 3.02. The summed E-state index contributed by atoms with van der Waals surface area (Å²) in [5.74, 6) is 0.520. The zero-order valence-corrected chi connectivity index (χ0v) is 8.77. The van der Waals surface area contributed by atoms with E-state index in [0.29, 0.717) is 17.9 Å². The van der Waals surface area contributed by atoms with Gasteiger partial charge in [-0.15, -0.1) is 10.2 Å². The van der Waals surface area contributed by atoms with E-state index in [9.17, 15) is 4.79 Å². The lowest BCUT2D eigenvalue weighted by molar-refractivity contribution is 0.0993. The number of nitrogens with one attached hydrogen (secondary N) is 2. The predicted octanol–water partition coefficient (Wildman–Crippen LogP) is 0.269. The van der Waals surface area contributed by atoms with Gasteiger partial charge in [0, 0.05) is 11.1 Å². The minimum Gasteiger partial charge on any atom is -0.313 e. The van der Waals surface area contributed by atoms with E-state index in [1.54, 1.807) is 25.2 Å². The number of ketones is 1. The van der Waals surface area contributed by atoms with Crippen LogP contribution in [0.2, 0.25) is 0 Å². The van der Waals surface area contributed by atoms with E-state index >= 15 is 0 Å². The van der Waals surface area contributed by atoms with Crippen molar-refractivity contribution in [1.29, 1.82) is 0 Å². The number of carbonyl (C=O) groups excluding carboxylic acids is 1. The van der Waals surface area contributed by atoms with E-state index in [4.69, 9.17) is 0 Å². The first-order chi connectivity index (χ1) is 7.81. The van der Waals surface area contributed by atoms with Gasteiger partial charge in [-0.3, -0.25) is 4.79 Å². The van der Waals surface area contributed by atoms with Crippen molar-refractivity contribution >= 4 is 5.78 Å². The molecule has 0 atom stereocenters. The maximum Gasteiger partial charge on any atom is 0.204 e. The van der Waals surface area contributed by atoms with Crippen molar-refractivity contribution in [2.75, 3.05) is 13.6 Å². The molecule has 0 aliphatic rings. The fraction of sp³-hybridized carbons (Fsp3) is 0.200. The average molecular weight is 217 g/mol. The van der Waals surface area contributed by atoms with Crippen molar-refractivity contribution in [2.24, 2.45) is 0 Å². The Labute approximate surface area is 92.1 Å². The monoisotopic (exact) mass is 217 g/mol. The van der Waals surface area contributed by atoms with Gasteiger partial charge in [0.25, 0.3) is 0 Å². The minimum absolute atomic E-state index is 0.0350. The molecular weight excluding hydrogens is 206 g/mol. The number of H-pyrrole nitrogens is 1. The van der Waals surface area contributed by atoms with Gasteiger partial charge < -0.3 is 5.32 Å². The third-order valence-corrected chi connectivity index (χ3v) is 2.13. The van der Waals surface area contributed by atoms with Crippen LogP contribution in [0.1, 0.15) is 10.4 Å². The van der Waals surface area contributed by atoms with Crippen LogP contribution in [0.15, 0.2) is 24.3 Å². The van der Waals surface area contributed by atoms with Gasteiger partial charge in [0.15, 0.2) is 5.78 Å². The van der Waals surface area contributed by atoms with Crippen LogP contribution in [0.3, 0.4) is 0 Å². The van der Waals surface area contributed by atoms with Gasteiger partial charge in [-0.25, -0.2) is 0 Å². The number of aromatic amines is 1. The van der Waals surface area contributed by atoms with Crippen LogP contribution in [0.25, 0.3) is 11.4 Å². The molecular formula is C10H11N5O. The summed E-state index contributed by atoms with van der Waals surface area (Å²) < 4.78 is 0. The summed E-state index contributed by atoms with van der Waals surface area (Å²) in [5, 5.41) is 16.4. The molecule has 0 saturated carbocycles. The summed E-state index contributed by atoms with van der Waals surface area (Å²) in [6, 6.07) is 7.16. The molecule has 0 aliphatic carbocycles. The molecule has 1 heterocycles. The molecule has 6 nitrogen and oxygen atoms in total. The van der Waals surface area contributed by atoms with Crippen molar-refractivity contribution in [3.05, 3.63) is 29.8 Å². The number of aromatic nitrogens is 4. The smallest absolute Gasteiger partial charge is 0.204 e. The lowest BCUT2D eigenvalue weighted by atomic mass is 10.1. The Bertz CT molecular complexity index is 480. The normalized spacial score (nSPS) is 10.3. The van der Waals surface area contributed by atoms with Crippen LogP contribution in [0.4, 0.5) is 0 Å². The van der Waals surface area contributed by atoms with Gasteiger partial charge in [-0.05, 0) is 18.3 Å². The summed E-state index contributed by atoms with van der Waals surface area (Å²) in [7, 11) is 1.74. The average Bonchev–Trinajstić information content (AvgIpc) is 2.83. The molecule has 0 unspecified atom stereocenters. The first-order valence-corrected chi connectivity index (χ1v) is 4.83. The number of benzene rings is 1. The largest absolute Gasteiger partial charge is 0.313 e. The minimum atomic E-state index is 0.0350. The molecule has 1 aromatic carbocycles. The van der Waals surface area contributed by atoms with E-state index in [1.165, 1.54) is 0 Å². The summed E-state index contributed by atoms with van der Waals surface area (Å²) in [5.41, 5.74) is 1.41. The van der Waals surface area contributed by atoms with Crippen molar-refractivity contribution in [1.82, 2.24) is 25.9 Å². The van der Waals surface area contributed by atoms with Crippen molar-refractivity contribution in [3.63, 3.8) is 0 Å². The van der Waals surface area contributed by atoms with E-state index in [2.05, 4.69) is 25.9 Å². The Morgan fingerprint density at radius 2 is 2.38 bits per heavy atom. The molecule has 6 heteroatoms. The second-order valence-electron chi connectivity index (χ2n) is 3.27. The molecule has 82 valence electrons. The topological polar surface area (TPSA) is 83.6 Å². The number of hydrogen-bond donors (Lipinski definition) is 2. The van der Waals surface area contributed by atoms with Crippen LogP contribution in [0, 0.1) is 0 Å². The Balaban J connectivity index is 2.30. The van der Waals surface area contributed by atoms with Crippen LogP contribution in [0.5, 0.6) is 0 Å².